The number of nitrogens with one attached hydrogen (secondary N) is 3. The van der Waals surface area contributed by atoms with Crippen molar-refractivity contribution >= 4 is 45.9 Å². The maximum atomic E-state index is 12.4. The standard InChI is InChI=1S/C16H17N5O3S/c1-9(22)19-16-20-13(8-25-16)12(14(23)21-15(17)18)7-10-4-3-5-11(6-10)24-2/h3-8H,1-2H3,(H,19,20,22)(H4,17,18,21,23)/b12-7+. The summed E-state index contributed by atoms with van der Waals surface area (Å²) in [4.78, 5) is 27.8. The van der Waals surface area contributed by atoms with Gasteiger partial charge in [-0.2, -0.15) is 0 Å². The average molecular weight is 359 g/mol. The molecule has 0 unspecified atom stereocenters. The van der Waals surface area contributed by atoms with Crippen molar-refractivity contribution in [1.82, 2.24) is 10.3 Å². The zero-order valence-corrected chi connectivity index (χ0v) is 14.4. The molecule has 130 valence electrons. The van der Waals surface area contributed by atoms with Gasteiger partial charge in [0.15, 0.2) is 11.1 Å². The normalized spacial score (nSPS) is 10.9. The molecule has 1 aromatic heterocycles. The Bertz CT molecular complexity index is 844. The van der Waals surface area contributed by atoms with Gasteiger partial charge in [0.1, 0.15) is 5.75 Å². The SMILES string of the molecule is COc1cccc(/C=C(/C(=O)NC(=N)N)c2csc(NC(C)=O)n2)c1. The molecule has 2 aromatic rings. The van der Waals surface area contributed by atoms with E-state index in [4.69, 9.17) is 15.9 Å². The van der Waals surface area contributed by atoms with Crippen LogP contribution in [0.25, 0.3) is 11.6 Å². The Labute approximate surface area is 148 Å². The minimum Gasteiger partial charge on any atom is -0.497 e. The number of nitrogens with zero attached hydrogens (tertiary/aromatic N) is 1. The number of hydrogen-bond donors (Lipinski definition) is 4. The lowest BCUT2D eigenvalue weighted by molar-refractivity contribution is -0.115. The number of carbonyl (C=O) groups excluding carboxylic acids is 2. The molecule has 0 aliphatic heterocycles. The number of anilines is 1. The molecule has 0 fully saturated rings. The van der Waals surface area contributed by atoms with Crippen LogP contribution in [0.3, 0.4) is 0 Å². The molecule has 0 saturated heterocycles. The number of benzene rings is 1. The number of rotatable bonds is 5. The van der Waals surface area contributed by atoms with Gasteiger partial charge in [0.25, 0.3) is 5.91 Å². The number of methoxy groups -OCH3 is 1. The van der Waals surface area contributed by atoms with Crippen LogP contribution in [0.1, 0.15) is 18.2 Å². The molecule has 1 aromatic carbocycles. The van der Waals surface area contributed by atoms with E-state index in [0.29, 0.717) is 22.1 Å². The first-order valence-electron chi connectivity index (χ1n) is 7.13. The van der Waals surface area contributed by atoms with E-state index in [1.807, 2.05) is 0 Å². The van der Waals surface area contributed by atoms with Crippen LogP contribution in [0.5, 0.6) is 5.75 Å². The average Bonchev–Trinajstić information content (AvgIpc) is 2.99. The third-order valence-electron chi connectivity index (χ3n) is 2.96. The van der Waals surface area contributed by atoms with Crippen LogP contribution in [0.2, 0.25) is 0 Å². The van der Waals surface area contributed by atoms with Crippen LogP contribution in [0, 0.1) is 5.41 Å². The highest BCUT2D eigenvalue weighted by Crippen LogP contribution is 2.25. The summed E-state index contributed by atoms with van der Waals surface area (Å²) in [6, 6.07) is 7.12. The fraction of sp³-hybridized carbons (Fsp3) is 0.125. The zero-order chi connectivity index (χ0) is 18.4. The molecule has 0 aliphatic rings. The quantitative estimate of drug-likeness (QED) is 0.366. The highest BCUT2D eigenvalue weighted by atomic mass is 32.1. The monoisotopic (exact) mass is 359 g/mol. The molecule has 8 nitrogen and oxygen atoms in total. The fourth-order valence-corrected chi connectivity index (χ4v) is 2.71. The summed E-state index contributed by atoms with van der Waals surface area (Å²) in [5.74, 6) is -0.668. The number of aromatic nitrogens is 1. The van der Waals surface area contributed by atoms with E-state index in [0.717, 1.165) is 0 Å². The van der Waals surface area contributed by atoms with E-state index in [9.17, 15) is 9.59 Å². The molecule has 9 heteroatoms. The largest absolute Gasteiger partial charge is 0.497 e. The molecule has 0 radical (unpaired) electrons. The molecule has 5 N–H and O–H groups in total. The van der Waals surface area contributed by atoms with Crippen molar-refractivity contribution in [2.24, 2.45) is 5.73 Å². The van der Waals surface area contributed by atoms with Crippen molar-refractivity contribution in [3.05, 3.63) is 40.9 Å². The Morgan fingerprint density at radius 3 is 2.80 bits per heavy atom. The first-order chi connectivity index (χ1) is 11.9. The van der Waals surface area contributed by atoms with Crippen LogP contribution in [-0.4, -0.2) is 29.9 Å². The summed E-state index contributed by atoms with van der Waals surface area (Å²) < 4.78 is 5.17. The number of nitrogens with two attached hydrogens (primary N) is 1. The van der Waals surface area contributed by atoms with E-state index >= 15 is 0 Å². The number of thiazole rings is 1. The van der Waals surface area contributed by atoms with Crippen molar-refractivity contribution in [2.45, 2.75) is 6.92 Å². The van der Waals surface area contributed by atoms with Crippen LogP contribution in [-0.2, 0) is 9.59 Å². The fourth-order valence-electron chi connectivity index (χ4n) is 1.95. The lowest BCUT2D eigenvalue weighted by Gasteiger charge is -2.07. The van der Waals surface area contributed by atoms with E-state index in [2.05, 4.69) is 15.6 Å². The Kier molecular flexibility index (Phi) is 5.85. The molecule has 0 atom stereocenters. The Hall–Kier alpha value is -3.20. The van der Waals surface area contributed by atoms with Gasteiger partial charge < -0.3 is 15.8 Å². The van der Waals surface area contributed by atoms with Crippen LogP contribution in [0.4, 0.5) is 5.13 Å². The van der Waals surface area contributed by atoms with Gasteiger partial charge in [0.2, 0.25) is 5.91 Å². The number of hydrogen-bond acceptors (Lipinski definition) is 6. The highest BCUT2D eigenvalue weighted by Gasteiger charge is 2.17. The van der Waals surface area contributed by atoms with Gasteiger partial charge in [-0.1, -0.05) is 12.1 Å². The minimum absolute atomic E-state index is 0.205. The summed E-state index contributed by atoms with van der Waals surface area (Å²) >= 11 is 1.19. The molecule has 0 saturated carbocycles. The van der Waals surface area contributed by atoms with Crippen LogP contribution >= 0.6 is 11.3 Å². The number of guanidine groups is 1. The molecule has 0 spiro atoms. The molecular weight excluding hydrogens is 342 g/mol. The Morgan fingerprint density at radius 1 is 1.40 bits per heavy atom. The van der Waals surface area contributed by atoms with Gasteiger partial charge in [-0.05, 0) is 23.8 Å². The second-order valence-electron chi connectivity index (χ2n) is 4.92. The predicted molar refractivity (Wildman–Crippen MR) is 97.3 cm³/mol. The van der Waals surface area contributed by atoms with Crippen molar-refractivity contribution in [3.8, 4) is 5.75 Å². The van der Waals surface area contributed by atoms with Gasteiger partial charge >= 0.3 is 0 Å². The molecule has 2 rings (SSSR count). The van der Waals surface area contributed by atoms with Crippen LogP contribution < -0.4 is 21.1 Å². The lowest BCUT2D eigenvalue weighted by atomic mass is 10.1. The van der Waals surface area contributed by atoms with Crippen molar-refractivity contribution in [1.29, 1.82) is 5.41 Å². The minimum atomic E-state index is -0.574. The molecule has 0 bridgehead atoms. The summed E-state index contributed by atoms with van der Waals surface area (Å²) in [6.45, 7) is 1.37. The van der Waals surface area contributed by atoms with E-state index in [1.54, 1.807) is 42.8 Å². The van der Waals surface area contributed by atoms with Gasteiger partial charge in [0, 0.05) is 12.3 Å². The second kappa shape index (κ2) is 8.06. The van der Waals surface area contributed by atoms with Gasteiger partial charge in [-0.15, -0.1) is 11.3 Å². The zero-order valence-electron chi connectivity index (χ0n) is 13.6. The third kappa shape index (κ3) is 5.15. The Morgan fingerprint density at radius 2 is 2.16 bits per heavy atom. The number of ether oxygens (including phenoxy) is 1. The summed E-state index contributed by atoms with van der Waals surface area (Å²) in [5, 5.41) is 14.1. The van der Waals surface area contributed by atoms with E-state index in [1.165, 1.54) is 18.3 Å². The summed E-state index contributed by atoms with van der Waals surface area (Å²) in [5.41, 5.74) is 6.52. The highest BCUT2D eigenvalue weighted by molar-refractivity contribution is 7.14. The number of amides is 2. The van der Waals surface area contributed by atoms with E-state index in [-0.39, 0.29) is 11.5 Å². The van der Waals surface area contributed by atoms with Crippen molar-refractivity contribution < 1.29 is 14.3 Å². The van der Waals surface area contributed by atoms with Gasteiger partial charge in [-0.3, -0.25) is 20.3 Å². The van der Waals surface area contributed by atoms with Gasteiger partial charge in [0.05, 0.1) is 18.4 Å². The summed E-state index contributed by atoms with van der Waals surface area (Å²) in [7, 11) is 1.55. The maximum absolute atomic E-state index is 12.4. The topological polar surface area (TPSA) is 130 Å². The maximum Gasteiger partial charge on any atom is 0.260 e. The molecule has 1 heterocycles. The first kappa shape index (κ1) is 18.1. The molecule has 2 amide bonds. The van der Waals surface area contributed by atoms with Crippen LogP contribution in [0.15, 0.2) is 29.6 Å². The predicted octanol–water partition coefficient (Wildman–Crippen LogP) is 1.66. The molecule has 25 heavy (non-hydrogen) atoms. The third-order valence-corrected chi connectivity index (χ3v) is 3.72. The lowest BCUT2D eigenvalue weighted by Crippen LogP contribution is -2.36. The van der Waals surface area contributed by atoms with Gasteiger partial charge in [-0.25, -0.2) is 4.98 Å². The van der Waals surface area contributed by atoms with Crippen molar-refractivity contribution in [3.63, 3.8) is 0 Å². The second-order valence-corrected chi connectivity index (χ2v) is 5.78. The molecular formula is C16H17N5O3S. The molecule has 0 aliphatic carbocycles. The summed E-state index contributed by atoms with van der Waals surface area (Å²) in [6.07, 6.45) is 1.60. The van der Waals surface area contributed by atoms with E-state index < -0.39 is 11.9 Å². The number of carbonyl (C=O) groups is 2. The smallest absolute Gasteiger partial charge is 0.260 e. The first-order valence-corrected chi connectivity index (χ1v) is 8.01. The van der Waals surface area contributed by atoms with Crippen molar-refractivity contribution in [2.75, 3.05) is 12.4 Å². The Balaban J connectivity index is 2.43.